The highest BCUT2D eigenvalue weighted by atomic mass is 79.9. The predicted molar refractivity (Wildman–Crippen MR) is 74.3 cm³/mol. The van der Waals surface area contributed by atoms with Crippen LogP contribution in [-0.2, 0) is 11.3 Å². The van der Waals surface area contributed by atoms with Crippen LogP contribution >= 0.6 is 15.9 Å². The average molecular weight is 330 g/mol. The second-order valence-electron chi connectivity index (χ2n) is 5.01. The van der Waals surface area contributed by atoms with E-state index in [0.717, 1.165) is 24.9 Å². The Morgan fingerprint density at radius 3 is 3.00 bits per heavy atom. The first kappa shape index (κ1) is 14.5. The van der Waals surface area contributed by atoms with Crippen LogP contribution in [-0.4, -0.2) is 28.6 Å². The number of hydrogen-bond acceptors (Lipinski definition) is 2. The van der Waals surface area contributed by atoms with Crippen molar-refractivity contribution < 1.29 is 14.3 Å². The van der Waals surface area contributed by atoms with Crippen molar-refractivity contribution in [2.24, 2.45) is 5.92 Å². The van der Waals surface area contributed by atoms with Crippen molar-refractivity contribution in [3.8, 4) is 0 Å². The molecule has 1 aromatic rings. The van der Waals surface area contributed by atoms with Gasteiger partial charge in [0.25, 0.3) is 0 Å². The number of benzene rings is 1. The maximum absolute atomic E-state index is 13.5. The maximum atomic E-state index is 13.5. The van der Waals surface area contributed by atoms with Crippen molar-refractivity contribution in [2.45, 2.75) is 32.4 Å². The summed E-state index contributed by atoms with van der Waals surface area (Å²) >= 11 is 3.25. The van der Waals surface area contributed by atoms with Gasteiger partial charge in [-0.15, -0.1) is 0 Å². The second kappa shape index (κ2) is 6.01. The fourth-order valence-electron chi connectivity index (χ4n) is 2.66. The SMILES string of the molecule is C[C@@H]1[C@H](C(=O)O)CCCN1Cc1cccc(F)c1Br. The molecular formula is C14H17BrFNO2. The first-order valence-corrected chi connectivity index (χ1v) is 7.19. The van der Waals surface area contributed by atoms with Crippen molar-refractivity contribution in [1.29, 1.82) is 0 Å². The highest BCUT2D eigenvalue weighted by Gasteiger charge is 2.32. The van der Waals surface area contributed by atoms with Crippen LogP contribution in [0.2, 0.25) is 0 Å². The normalized spacial score (nSPS) is 24.4. The molecule has 1 saturated heterocycles. The molecule has 1 N–H and O–H groups in total. The molecule has 2 atom stereocenters. The van der Waals surface area contributed by atoms with E-state index < -0.39 is 5.97 Å². The summed E-state index contributed by atoms with van der Waals surface area (Å²) in [5, 5.41) is 9.20. The molecule has 0 amide bonds. The number of halogens is 2. The van der Waals surface area contributed by atoms with E-state index in [9.17, 15) is 14.3 Å². The lowest BCUT2D eigenvalue weighted by Crippen LogP contribution is -2.45. The van der Waals surface area contributed by atoms with Crippen LogP contribution in [0.5, 0.6) is 0 Å². The third-order valence-corrected chi connectivity index (χ3v) is 4.73. The molecule has 0 spiro atoms. The van der Waals surface area contributed by atoms with Gasteiger partial charge in [-0.2, -0.15) is 0 Å². The van der Waals surface area contributed by atoms with Crippen LogP contribution < -0.4 is 0 Å². The Balaban J connectivity index is 2.14. The van der Waals surface area contributed by atoms with Gasteiger partial charge in [-0.1, -0.05) is 12.1 Å². The monoisotopic (exact) mass is 329 g/mol. The molecule has 3 nitrogen and oxygen atoms in total. The smallest absolute Gasteiger partial charge is 0.308 e. The van der Waals surface area contributed by atoms with Crippen LogP contribution in [0.25, 0.3) is 0 Å². The van der Waals surface area contributed by atoms with Gasteiger partial charge < -0.3 is 5.11 Å². The van der Waals surface area contributed by atoms with Gasteiger partial charge in [0.15, 0.2) is 0 Å². The minimum absolute atomic E-state index is 0.0265. The third kappa shape index (κ3) is 3.15. The molecule has 0 aliphatic carbocycles. The number of carbonyl (C=O) groups is 1. The van der Waals surface area contributed by atoms with Gasteiger partial charge in [0, 0.05) is 12.6 Å². The number of aliphatic carboxylic acids is 1. The molecule has 2 rings (SSSR count). The molecule has 0 bridgehead atoms. The van der Waals surface area contributed by atoms with Gasteiger partial charge in [0.05, 0.1) is 10.4 Å². The highest BCUT2D eigenvalue weighted by Crippen LogP contribution is 2.28. The first-order chi connectivity index (χ1) is 9.00. The minimum Gasteiger partial charge on any atom is -0.481 e. The van der Waals surface area contributed by atoms with Crippen molar-refractivity contribution in [2.75, 3.05) is 6.54 Å². The van der Waals surface area contributed by atoms with E-state index in [0.29, 0.717) is 11.0 Å². The van der Waals surface area contributed by atoms with E-state index in [-0.39, 0.29) is 17.8 Å². The van der Waals surface area contributed by atoms with Crippen LogP contribution in [0.1, 0.15) is 25.3 Å². The van der Waals surface area contributed by atoms with Crippen LogP contribution in [0.4, 0.5) is 4.39 Å². The summed E-state index contributed by atoms with van der Waals surface area (Å²) in [5.74, 6) is -1.35. The van der Waals surface area contributed by atoms with E-state index in [2.05, 4.69) is 20.8 Å². The van der Waals surface area contributed by atoms with Gasteiger partial charge in [-0.25, -0.2) is 4.39 Å². The summed E-state index contributed by atoms with van der Waals surface area (Å²) in [6, 6.07) is 4.93. The fraction of sp³-hybridized carbons (Fsp3) is 0.500. The van der Waals surface area contributed by atoms with Gasteiger partial charge in [0.1, 0.15) is 5.82 Å². The molecule has 0 unspecified atom stereocenters. The number of piperidine rings is 1. The highest BCUT2D eigenvalue weighted by molar-refractivity contribution is 9.10. The zero-order valence-electron chi connectivity index (χ0n) is 10.8. The number of nitrogens with zero attached hydrogens (tertiary/aromatic N) is 1. The molecule has 1 aliphatic heterocycles. The lowest BCUT2D eigenvalue weighted by Gasteiger charge is -2.37. The van der Waals surface area contributed by atoms with E-state index in [1.54, 1.807) is 6.07 Å². The Morgan fingerprint density at radius 1 is 1.58 bits per heavy atom. The lowest BCUT2D eigenvalue weighted by atomic mass is 9.90. The Kier molecular flexibility index (Phi) is 4.58. The molecule has 19 heavy (non-hydrogen) atoms. The molecule has 0 aromatic heterocycles. The van der Waals surface area contributed by atoms with Gasteiger partial charge in [-0.3, -0.25) is 9.69 Å². The standard InChI is InChI=1S/C14H17BrFNO2/c1-9-11(14(18)19)5-3-7-17(9)8-10-4-2-6-12(16)13(10)15/h2,4,6,9,11H,3,5,7-8H2,1H3,(H,18,19)/t9-,11-/m1/s1. The summed E-state index contributed by atoms with van der Waals surface area (Å²) in [7, 11) is 0. The topological polar surface area (TPSA) is 40.5 Å². The van der Waals surface area contributed by atoms with E-state index >= 15 is 0 Å². The maximum Gasteiger partial charge on any atom is 0.308 e. The molecule has 1 fully saturated rings. The number of hydrogen-bond donors (Lipinski definition) is 1. The predicted octanol–water partition coefficient (Wildman–Crippen LogP) is 3.27. The van der Waals surface area contributed by atoms with Crippen molar-refractivity contribution >= 4 is 21.9 Å². The van der Waals surface area contributed by atoms with Crippen molar-refractivity contribution in [3.63, 3.8) is 0 Å². The second-order valence-corrected chi connectivity index (χ2v) is 5.80. The fourth-order valence-corrected chi connectivity index (χ4v) is 3.05. The van der Waals surface area contributed by atoms with E-state index in [1.165, 1.54) is 6.07 Å². The van der Waals surface area contributed by atoms with E-state index in [4.69, 9.17) is 0 Å². The van der Waals surface area contributed by atoms with Crippen LogP contribution in [0.15, 0.2) is 22.7 Å². The third-order valence-electron chi connectivity index (χ3n) is 3.84. The minimum atomic E-state index is -0.740. The van der Waals surface area contributed by atoms with Crippen molar-refractivity contribution in [1.82, 2.24) is 4.90 Å². The quantitative estimate of drug-likeness (QED) is 0.925. The zero-order valence-corrected chi connectivity index (χ0v) is 12.4. The van der Waals surface area contributed by atoms with Crippen LogP contribution in [0, 0.1) is 11.7 Å². The number of likely N-dealkylation sites (tertiary alicyclic amines) is 1. The Bertz CT molecular complexity index is 481. The molecule has 1 heterocycles. The molecule has 5 heteroatoms. The zero-order chi connectivity index (χ0) is 14.0. The van der Waals surface area contributed by atoms with Crippen LogP contribution in [0.3, 0.4) is 0 Å². The summed E-state index contributed by atoms with van der Waals surface area (Å²) < 4.78 is 13.9. The Labute approximate surface area is 120 Å². The number of carboxylic acids is 1. The van der Waals surface area contributed by atoms with Gasteiger partial charge in [0.2, 0.25) is 0 Å². The molecule has 0 radical (unpaired) electrons. The summed E-state index contributed by atoms with van der Waals surface area (Å²) in [6.45, 7) is 3.36. The molecule has 1 aromatic carbocycles. The lowest BCUT2D eigenvalue weighted by molar-refractivity contribution is -0.145. The first-order valence-electron chi connectivity index (χ1n) is 6.40. The molecule has 0 saturated carbocycles. The van der Waals surface area contributed by atoms with E-state index in [1.807, 2.05) is 13.0 Å². The largest absolute Gasteiger partial charge is 0.481 e. The molecule has 1 aliphatic rings. The summed E-state index contributed by atoms with van der Waals surface area (Å²) in [5.41, 5.74) is 0.859. The summed E-state index contributed by atoms with van der Waals surface area (Å²) in [6.07, 6.45) is 1.59. The van der Waals surface area contributed by atoms with Crippen molar-refractivity contribution in [3.05, 3.63) is 34.1 Å². The van der Waals surface area contributed by atoms with Gasteiger partial charge >= 0.3 is 5.97 Å². The molecular weight excluding hydrogens is 313 g/mol. The summed E-state index contributed by atoms with van der Waals surface area (Å²) in [4.78, 5) is 13.3. The number of rotatable bonds is 3. The molecule has 104 valence electrons. The Hall–Kier alpha value is -0.940. The van der Waals surface area contributed by atoms with Gasteiger partial charge in [-0.05, 0) is 53.9 Å². The average Bonchev–Trinajstić information content (AvgIpc) is 2.37. The number of carboxylic acid groups (broad SMARTS) is 1. The Morgan fingerprint density at radius 2 is 2.32 bits per heavy atom.